The first-order valence-electron chi connectivity index (χ1n) is 8.32. The predicted octanol–water partition coefficient (Wildman–Crippen LogP) is 2.95. The van der Waals surface area contributed by atoms with Crippen LogP contribution in [0.4, 0.5) is 4.79 Å². The summed E-state index contributed by atoms with van der Waals surface area (Å²) in [4.78, 5) is 17.6. The van der Waals surface area contributed by atoms with Crippen molar-refractivity contribution in [3.63, 3.8) is 0 Å². The lowest BCUT2D eigenvalue weighted by molar-refractivity contribution is 0.0146. The summed E-state index contributed by atoms with van der Waals surface area (Å²) in [5.41, 5.74) is -0.421. The van der Waals surface area contributed by atoms with Gasteiger partial charge in [-0.15, -0.1) is 11.3 Å². The molecule has 1 aliphatic rings. The van der Waals surface area contributed by atoms with Crippen LogP contribution in [0.25, 0.3) is 0 Å². The quantitative estimate of drug-likeness (QED) is 0.896. The molecule has 0 radical (unpaired) electrons. The number of hydrogen-bond acceptors (Lipinski definition) is 5. The second-order valence-corrected chi connectivity index (χ2v) is 7.98. The van der Waals surface area contributed by atoms with E-state index in [0.29, 0.717) is 6.04 Å². The first-order valence-corrected chi connectivity index (χ1v) is 9.20. The van der Waals surface area contributed by atoms with Crippen LogP contribution in [0.5, 0.6) is 0 Å². The summed E-state index contributed by atoms with van der Waals surface area (Å²) in [5, 5.41) is 5.68. The molecule has 0 aliphatic carbocycles. The minimum absolute atomic E-state index is 0.193. The van der Waals surface area contributed by atoms with Gasteiger partial charge in [0.15, 0.2) is 0 Å². The van der Waals surface area contributed by atoms with E-state index < -0.39 is 5.60 Å². The van der Waals surface area contributed by atoms with Crippen molar-refractivity contribution in [1.82, 2.24) is 15.1 Å². The first kappa shape index (κ1) is 18.2. The third-order valence-electron chi connectivity index (χ3n) is 3.87. The highest BCUT2D eigenvalue weighted by Crippen LogP contribution is 2.17. The third-order valence-corrected chi connectivity index (χ3v) is 4.93. The van der Waals surface area contributed by atoms with E-state index in [0.717, 1.165) is 39.3 Å². The molecule has 1 aromatic rings. The Labute approximate surface area is 143 Å². The standard InChI is InChI=1S/C17H29N3O2S/c1-14(15-6-5-13-23-15)18-7-8-19-9-11-20(12-10-19)16(21)22-17(2,3)4/h5-6,13-14,18H,7-12H2,1-4H3. The Morgan fingerprint density at radius 1 is 1.35 bits per heavy atom. The van der Waals surface area contributed by atoms with Crippen molar-refractivity contribution in [3.8, 4) is 0 Å². The fraction of sp³-hybridized carbons (Fsp3) is 0.706. The number of nitrogens with one attached hydrogen (secondary N) is 1. The fourth-order valence-corrected chi connectivity index (χ4v) is 3.32. The maximum absolute atomic E-state index is 12.0. The average molecular weight is 340 g/mol. The van der Waals surface area contributed by atoms with Crippen molar-refractivity contribution in [2.24, 2.45) is 0 Å². The van der Waals surface area contributed by atoms with E-state index >= 15 is 0 Å². The van der Waals surface area contributed by atoms with E-state index in [2.05, 4.69) is 34.7 Å². The second kappa shape index (κ2) is 8.13. The number of amides is 1. The average Bonchev–Trinajstić information content (AvgIpc) is 3.00. The maximum atomic E-state index is 12.0. The summed E-state index contributed by atoms with van der Waals surface area (Å²) in [5.74, 6) is 0. The summed E-state index contributed by atoms with van der Waals surface area (Å²) in [6.07, 6.45) is -0.193. The number of rotatable bonds is 5. The Hall–Kier alpha value is -1.11. The van der Waals surface area contributed by atoms with Crippen molar-refractivity contribution < 1.29 is 9.53 Å². The normalized spacial score (nSPS) is 18.0. The van der Waals surface area contributed by atoms with Gasteiger partial charge in [-0.25, -0.2) is 4.79 Å². The van der Waals surface area contributed by atoms with Crippen molar-refractivity contribution in [2.75, 3.05) is 39.3 Å². The molecule has 1 atom stereocenters. The number of thiophene rings is 1. The van der Waals surface area contributed by atoms with Crippen molar-refractivity contribution in [1.29, 1.82) is 0 Å². The molecule has 5 nitrogen and oxygen atoms in total. The SMILES string of the molecule is CC(NCCN1CCN(C(=O)OC(C)(C)C)CC1)c1cccs1. The molecule has 0 saturated carbocycles. The van der Waals surface area contributed by atoms with Crippen LogP contribution in [0, 0.1) is 0 Å². The molecule has 1 aliphatic heterocycles. The zero-order valence-corrected chi connectivity index (χ0v) is 15.5. The van der Waals surface area contributed by atoms with E-state index in [1.807, 2.05) is 25.7 Å². The first-order chi connectivity index (χ1) is 10.8. The molecule has 6 heteroatoms. The molecule has 23 heavy (non-hydrogen) atoms. The van der Waals surface area contributed by atoms with E-state index in [-0.39, 0.29) is 6.09 Å². The molecule has 0 bridgehead atoms. The van der Waals surface area contributed by atoms with Crippen LogP contribution in [0.2, 0.25) is 0 Å². The van der Waals surface area contributed by atoms with Gasteiger partial charge in [0.2, 0.25) is 0 Å². The molecule has 2 rings (SSSR count). The van der Waals surface area contributed by atoms with Crippen molar-refractivity contribution in [2.45, 2.75) is 39.3 Å². The summed E-state index contributed by atoms with van der Waals surface area (Å²) in [6, 6.07) is 4.66. The van der Waals surface area contributed by atoms with Gasteiger partial charge in [0.1, 0.15) is 5.60 Å². The number of ether oxygens (including phenoxy) is 1. The summed E-state index contributed by atoms with van der Waals surface area (Å²) >= 11 is 1.79. The van der Waals surface area contributed by atoms with Gasteiger partial charge in [-0.3, -0.25) is 4.90 Å². The monoisotopic (exact) mass is 339 g/mol. The highest BCUT2D eigenvalue weighted by atomic mass is 32.1. The molecule has 0 aromatic carbocycles. The summed E-state index contributed by atoms with van der Waals surface area (Å²) in [7, 11) is 0. The Balaban J connectivity index is 1.64. The Bertz CT molecular complexity index is 477. The van der Waals surface area contributed by atoms with Gasteiger partial charge in [0.05, 0.1) is 0 Å². The van der Waals surface area contributed by atoms with E-state index in [1.165, 1.54) is 4.88 Å². The van der Waals surface area contributed by atoms with Gasteiger partial charge in [-0.05, 0) is 39.1 Å². The maximum Gasteiger partial charge on any atom is 0.410 e. The number of hydrogen-bond donors (Lipinski definition) is 1. The molecule has 1 fully saturated rings. The minimum Gasteiger partial charge on any atom is -0.444 e. The van der Waals surface area contributed by atoms with Crippen LogP contribution in [0.3, 0.4) is 0 Å². The molecule has 1 unspecified atom stereocenters. The van der Waals surface area contributed by atoms with Crippen LogP contribution in [-0.2, 0) is 4.74 Å². The van der Waals surface area contributed by atoms with E-state index in [1.54, 1.807) is 11.3 Å². The number of carbonyl (C=O) groups excluding carboxylic acids is 1. The number of nitrogens with zero attached hydrogens (tertiary/aromatic N) is 2. The van der Waals surface area contributed by atoms with Gasteiger partial charge in [0, 0.05) is 50.2 Å². The highest BCUT2D eigenvalue weighted by Gasteiger charge is 2.25. The topological polar surface area (TPSA) is 44.8 Å². The molecular weight excluding hydrogens is 310 g/mol. The number of piperazine rings is 1. The molecular formula is C17H29N3O2S. The molecule has 1 N–H and O–H groups in total. The number of carbonyl (C=O) groups is 1. The van der Waals surface area contributed by atoms with Gasteiger partial charge in [-0.1, -0.05) is 6.07 Å². The smallest absolute Gasteiger partial charge is 0.410 e. The third kappa shape index (κ3) is 6.12. The molecule has 0 spiro atoms. The second-order valence-electron chi connectivity index (χ2n) is 7.00. The van der Waals surface area contributed by atoms with Gasteiger partial charge in [0.25, 0.3) is 0 Å². The Morgan fingerprint density at radius 3 is 2.61 bits per heavy atom. The summed E-state index contributed by atoms with van der Waals surface area (Å²) in [6.45, 7) is 13.2. The fourth-order valence-electron chi connectivity index (χ4n) is 2.56. The van der Waals surface area contributed by atoms with E-state index in [9.17, 15) is 4.79 Å². The lowest BCUT2D eigenvalue weighted by Gasteiger charge is -2.35. The van der Waals surface area contributed by atoms with Crippen LogP contribution in [-0.4, -0.2) is 60.8 Å². The zero-order valence-electron chi connectivity index (χ0n) is 14.7. The minimum atomic E-state index is -0.421. The molecule has 2 heterocycles. The largest absolute Gasteiger partial charge is 0.444 e. The molecule has 1 amide bonds. The highest BCUT2D eigenvalue weighted by molar-refractivity contribution is 7.10. The van der Waals surface area contributed by atoms with Crippen LogP contribution >= 0.6 is 11.3 Å². The van der Waals surface area contributed by atoms with Crippen LogP contribution in [0.1, 0.15) is 38.6 Å². The molecule has 130 valence electrons. The van der Waals surface area contributed by atoms with Gasteiger partial charge < -0.3 is 15.0 Å². The van der Waals surface area contributed by atoms with Crippen molar-refractivity contribution in [3.05, 3.63) is 22.4 Å². The molecule has 1 saturated heterocycles. The Kier molecular flexibility index (Phi) is 6.44. The van der Waals surface area contributed by atoms with Crippen LogP contribution in [0.15, 0.2) is 17.5 Å². The van der Waals surface area contributed by atoms with Gasteiger partial charge in [-0.2, -0.15) is 0 Å². The van der Waals surface area contributed by atoms with Crippen molar-refractivity contribution >= 4 is 17.4 Å². The lowest BCUT2D eigenvalue weighted by Crippen LogP contribution is -2.51. The predicted molar refractivity (Wildman–Crippen MR) is 95.0 cm³/mol. The van der Waals surface area contributed by atoms with Gasteiger partial charge >= 0.3 is 6.09 Å². The summed E-state index contributed by atoms with van der Waals surface area (Å²) < 4.78 is 5.42. The van der Waals surface area contributed by atoms with E-state index in [4.69, 9.17) is 4.74 Å². The zero-order chi connectivity index (χ0) is 16.9. The van der Waals surface area contributed by atoms with Crippen LogP contribution < -0.4 is 5.32 Å². The lowest BCUT2D eigenvalue weighted by atomic mass is 10.2. The molecule has 1 aromatic heterocycles. The Morgan fingerprint density at radius 2 is 2.04 bits per heavy atom.